The molecule has 6 heteroatoms. The van der Waals surface area contributed by atoms with Crippen LogP contribution in [0.5, 0.6) is 11.5 Å². The number of carbonyl (C=O) groups is 2. The van der Waals surface area contributed by atoms with Gasteiger partial charge in [0.2, 0.25) is 0 Å². The van der Waals surface area contributed by atoms with Gasteiger partial charge in [-0.05, 0) is 45.9 Å². The summed E-state index contributed by atoms with van der Waals surface area (Å²) >= 11 is 0. The topological polar surface area (TPSA) is 93.1 Å². The van der Waals surface area contributed by atoms with Gasteiger partial charge in [0.15, 0.2) is 0 Å². The van der Waals surface area contributed by atoms with Crippen LogP contribution in [0.4, 0.5) is 0 Å². The summed E-state index contributed by atoms with van der Waals surface area (Å²) in [5, 5.41) is 19.5. The SMILES string of the molecule is CC(C)(C)c1cc(C(=O)O)cc(C(C)(C)C)c1OCCOc1c(C(C)(C)C)cc(C(=O)O)cc1C(C)(C)C. The van der Waals surface area contributed by atoms with Crippen molar-refractivity contribution >= 4 is 11.9 Å². The van der Waals surface area contributed by atoms with Gasteiger partial charge in [-0.1, -0.05) is 83.1 Å². The Balaban J connectivity index is 2.52. The molecule has 210 valence electrons. The molecule has 0 amide bonds. The van der Waals surface area contributed by atoms with Gasteiger partial charge in [-0.15, -0.1) is 0 Å². The van der Waals surface area contributed by atoms with Crippen molar-refractivity contribution < 1.29 is 29.3 Å². The highest BCUT2D eigenvalue weighted by Crippen LogP contribution is 2.42. The van der Waals surface area contributed by atoms with Crippen molar-refractivity contribution in [2.45, 2.75) is 105 Å². The first-order chi connectivity index (χ1) is 17.0. The van der Waals surface area contributed by atoms with Crippen LogP contribution in [0, 0.1) is 0 Å². The number of hydrogen-bond acceptors (Lipinski definition) is 4. The summed E-state index contributed by atoms with van der Waals surface area (Å²) in [7, 11) is 0. The lowest BCUT2D eigenvalue weighted by Crippen LogP contribution is -2.24. The lowest BCUT2D eigenvalue weighted by molar-refractivity contribution is 0.0685. The highest BCUT2D eigenvalue weighted by Gasteiger charge is 2.31. The van der Waals surface area contributed by atoms with E-state index in [1.807, 2.05) is 83.1 Å². The molecule has 0 unspecified atom stereocenters. The average Bonchev–Trinajstić information content (AvgIpc) is 2.72. The molecule has 0 atom stereocenters. The van der Waals surface area contributed by atoms with Crippen molar-refractivity contribution in [2.24, 2.45) is 0 Å². The van der Waals surface area contributed by atoms with E-state index in [0.29, 0.717) is 11.5 Å². The van der Waals surface area contributed by atoms with E-state index in [1.165, 1.54) is 0 Å². The molecule has 0 aliphatic heterocycles. The summed E-state index contributed by atoms with van der Waals surface area (Å²) in [6.07, 6.45) is 0. The highest BCUT2D eigenvalue weighted by atomic mass is 16.5. The largest absolute Gasteiger partial charge is 0.489 e. The average molecular weight is 527 g/mol. The van der Waals surface area contributed by atoms with E-state index in [1.54, 1.807) is 24.3 Å². The zero-order valence-corrected chi connectivity index (χ0v) is 25.3. The molecular formula is C32H46O6. The van der Waals surface area contributed by atoms with Crippen LogP contribution in [0.1, 0.15) is 126 Å². The molecule has 0 aromatic heterocycles. The van der Waals surface area contributed by atoms with Gasteiger partial charge in [0.25, 0.3) is 0 Å². The maximum Gasteiger partial charge on any atom is 0.335 e. The molecule has 38 heavy (non-hydrogen) atoms. The highest BCUT2D eigenvalue weighted by molar-refractivity contribution is 5.89. The predicted octanol–water partition coefficient (Wildman–Crippen LogP) is 7.73. The minimum absolute atomic E-state index is 0.242. The minimum Gasteiger partial charge on any atom is -0.489 e. The minimum atomic E-state index is -0.967. The maximum absolute atomic E-state index is 11.9. The molecule has 0 radical (unpaired) electrons. The van der Waals surface area contributed by atoms with Gasteiger partial charge >= 0.3 is 11.9 Å². The summed E-state index contributed by atoms with van der Waals surface area (Å²) in [6.45, 7) is 25.0. The van der Waals surface area contributed by atoms with Crippen molar-refractivity contribution in [1.82, 2.24) is 0 Å². The third-order valence-electron chi connectivity index (χ3n) is 6.48. The van der Waals surface area contributed by atoms with E-state index in [-0.39, 0.29) is 46.0 Å². The summed E-state index contributed by atoms with van der Waals surface area (Å²) in [5.41, 5.74) is 2.45. The van der Waals surface area contributed by atoms with Crippen LogP contribution in [0.15, 0.2) is 24.3 Å². The van der Waals surface area contributed by atoms with Crippen LogP contribution >= 0.6 is 0 Å². The Bertz CT molecular complexity index is 1030. The fourth-order valence-corrected chi connectivity index (χ4v) is 4.33. The van der Waals surface area contributed by atoms with Crippen molar-refractivity contribution in [1.29, 1.82) is 0 Å². The van der Waals surface area contributed by atoms with Crippen LogP contribution in [-0.2, 0) is 21.7 Å². The Morgan fingerprint density at radius 3 is 0.895 bits per heavy atom. The molecule has 2 aromatic carbocycles. The van der Waals surface area contributed by atoms with Crippen LogP contribution < -0.4 is 9.47 Å². The van der Waals surface area contributed by atoms with Gasteiger partial charge < -0.3 is 19.7 Å². The van der Waals surface area contributed by atoms with Gasteiger partial charge in [-0.25, -0.2) is 9.59 Å². The number of ether oxygens (including phenoxy) is 2. The van der Waals surface area contributed by atoms with E-state index in [0.717, 1.165) is 22.3 Å². The zero-order valence-electron chi connectivity index (χ0n) is 25.3. The van der Waals surface area contributed by atoms with Crippen LogP contribution in [-0.4, -0.2) is 35.4 Å². The van der Waals surface area contributed by atoms with Gasteiger partial charge in [-0.2, -0.15) is 0 Å². The van der Waals surface area contributed by atoms with Gasteiger partial charge in [0.1, 0.15) is 24.7 Å². The Hall–Kier alpha value is -3.02. The van der Waals surface area contributed by atoms with Crippen molar-refractivity contribution in [3.05, 3.63) is 57.6 Å². The number of aromatic carboxylic acids is 2. The standard InChI is InChI=1S/C32H46O6/c1-29(2,3)21-15-19(27(33)34)16-22(30(4,5)6)25(21)37-13-14-38-26-23(31(7,8)9)17-20(28(35)36)18-24(26)32(10,11)12/h15-18H,13-14H2,1-12H3,(H,33,34)(H,35,36). The molecule has 0 saturated heterocycles. The quantitative estimate of drug-likeness (QED) is 0.359. The van der Waals surface area contributed by atoms with Gasteiger partial charge in [0.05, 0.1) is 11.1 Å². The van der Waals surface area contributed by atoms with E-state index < -0.39 is 11.9 Å². The fraction of sp³-hybridized carbons (Fsp3) is 0.562. The maximum atomic E-state index is 11.9. The Labute approximate surface area is 228 Å². The normalized spacial score (nSPS) is 12.8. The smallest absolute Gasteiger partial charge is 0.335 e. The van der Waals surface area contributed by atoms with Crippen LogP contribution in [0.25, 0.3) is 0 Å². The first-order valence-electron chi connectivity index (χ1n) is 13.2. The Kier molecular flexibility index (Phi) is 8.72. The molecule has 0 saturated carbocycles. The van der Waals surface area contributed by atoms with E-state index >= 15 is 0 Å². The fourth-order valence-electron chi connectivity index (χ4n) is 4.33. The Morgan fingerprint density at radius 2 is 0.737 bits per heavy atom. The van der Waals surface area contributed by atoms with E-state index in [2.05, 4.69) is 0 Å². The molecule has 0 aliphatic carbocycles. The molecular weight excluding hydrogens is 480 g/mol. The monoisotopic (exact) mass is 526 g/mol. The molecule has 6 nitrogen and oxygen atoms in total. The third kappa shape index (κ3) is 7.30. The molecule has 2 rings (SSSR count). The van der Waals surface area contributed by atoms with E-state index in [9.17, 15) is 19.8 Å². The van der Waals surface area contributed by atoms with Crippen molar-refractivity contribution in [2.75, 3.05) is 13.2 Å². The first-order valence-corrected chi connectivity index (χ1v) is 13.2. The zero-order chi connectivity index (χ0) is 29.4. The first kappa shape index (κ1) is 31.2. The second-order valence-electron chi connectivity index (χ2n) is 14.1. The summed E-state index contributed by atoms with van der Waals surface area (Å²) in [4.78, 5) is 23.8. The summed E-state index contributed by atoms with van der Waals surface area (Å²) in [5.74, 6) is -0.561. The molecule has 0 spiro atoms. The lowest BCUT2D eigenvalue weighted by Gasteiger charge is -2.31. The molecule has 0 heterocycles. The van der Waals surface area contributed by atoms with Crippen LogP contribution in [0.3, 0.4) is 0 Å². The number of carboxylic acids is 2. The molecule has 2 N–H and O–H groups in total. The molecule has 2 aromatic rings. The molecule has 0 aliphatic rings. The number of hydrogen-bond donors (Lipinski definition) is 2. The van der Waals surface area contributed by atoms with Crippen molar-refractivity contribution in [3.8, 4) is 11.5 Å². The molecule has 0 bridgehead atoms. The van der Waals surface area contributed by atoms with Crippen molar-refractivity contribution in [3.63, 3.8) is 0 Å². The van der Waals surface area contributed by atoms with E-state index in [4.69, 9.17) is 9.47 Å². The summed E-state index contributed by atoms with van der Waals surface area (Å²) < 4.78 is 12.8. The predicted molar refractivity (Wildman–Crippen MR) is 153 cm³/mol. The van der Waals surface area contributed by atoms with Gasteiger partial charge in [0, 0.05) is 22.3 Å². The third-order valence-corrected chi connectivity index (χ3v) is 6.48. The second kappa shape index (κ2) is 10.6. The van der Waals surface area contributed by atoms with Gasteiger partial charge in [-0.3, -0.25) is 0 Å². The Morgan fingerprint density at radius 1 is 0.526 bits per heavy atom. The lowest BCUT2D eigenvalue weighted by atomic mass is 9.78. The summed E-state index contributed by atoms with van der Waals surface area (Å²) in [6, 6.07) is 6.81. The number of carboxylic acid groups (broad SMARTS) is 2. The molecule has 0 fully saturated rings. The number of benzene rings is 2. The second-order valence-corrected chi connectivity index (χ2v) is 14.1. The van der Waals surface area contributed by atoms with Crippen LogP contribution in [0.2, 0.25) is 0 Å². The number of rotatable bonds is 7.